The highest BCUT2D eigenvalue weighted by molar-refractivity contribution is 9.10. The summed E-state index contributed by atoms with van der Waals surface area (Å²) < 4.78 is 15.2. The minimum atomic E-state index is -0.327. The van der Waals surface area contributed by atoms with Crippen molar-refractivity contribution in [1.29, 1.82) is 0 Å². The van der Waals surface area contributed by atoms with E-state index in [1.54, 1.807) is 30.1 Å². The van der Waals surface area contributed by atoms with Gasteiger partial charge in [0.25, 0.3) is 0 Å². The van der Waals surface area contributed by atoms with Gasteiger partial charge in [0.15, 0.2) is 5.78 Å². The summed E-state index contributed by atoms with van der Waals surface area (Å²) in [7, 11) is 1.80. The monoisotopic (exact) mass is 324 g/mol. The standard InChI is InChI=1S/C14H14BrFN2O/c1-3-13-10(8-18(2)17-13)14(19)7-9-4-5-12(16)11(15)6-9/h4-6,8H,3,7H2,1-2H3. The molecule has 0 aliphatic heterocycles. The van der Waals surface area contributed by atoms with Crippen molar-refractivity contribution >= 4 is 21.7 Å². The van der Waals surface area contributed by atoms with Crippen LogP contribution in [0, 0.1) is 5.82 Å². The van der Waals surface area contributed by atoms with Crippen molar-refractivity contribution in [3.05, 3.63) is 51.5 Å². The third kappa shape index (κ3) is 3.10. The number of aryl methyl sites for hydroxylation is 2. The third-order valence-corrected chi connectivity index (χ3v) is 3.50. The molecule has 1 heterocycles. The molecule has 3 nitrogen and oxygen atoms in total. The fourth-order valence-electron chi connectivity index (χ4n) is 1.96. The molecule has 1 aromatic heterocycles. The topological polar surface area (TPSA) is 34.9 Å². The van der Waals surface area contributed by atoms with Crippen molar-refractivity contribution in [3.8, 4) is 0 Å². The number of carbonyl (C=O) groups is 1. The van der Waals surface area contributed by atoms with Crippen molar-refractivity contribution in [2.24, 2.45) is 7.05 Å². The molecule has 0 atom stereocenters. The van der Waals surface area contributed by atoms with Gasteiger partial charge in [-0.3, -0.25) is 9.48 Å². The lowest BCUT2D eigenvalue weighted by molar-refractivity contribution is 0.0992. The Labute approximate surface area is 119 Å². The van der Waals surface area contributed by atoms with Crippen LogP contribution in [0.25, 0.3) is 0 Å². The van der Waals surface area contributed by atoms with Crippen LogP contribution in [0.15, 0.2) is 28.9 Å². The van der Waals surface area contributed by atoms with Gasteiger partial charge in [-0.25, -0.2) is 4.39 Å². The third-order valence-electron chi connectivity index (χ3n) is 2.89. The van der Waals surface area contributed by atoms with Gasteiger partial charge in [-0.1, -0.05) is 13.0 Å². The summed E-state index contributed by atoms with van der Waals surface area (Å²) in [4.78, 5) is 12.2. The van der Waals surface area contributed by atoms with Crippen LogP contribution in [0.5, 0.6) is 0 Å². The summed E-state index contributed by atoms with van der Waals surface area (Å²) in [6.07, 6.45) is 2.70. The van der Waals surface area contributed by atoms with Gasteiger partial charge in [0, 0.05) is 19.7 Å². The molecule has 19 heavy (non-hydrogen) atoms. The summed E-state index contributed by atoms with van der Waals surface area (Å²) in [5, 5.41) is 4.25. The van der Waals surface area contributed by atoms with Gasteiger partial charge in [-0.05, 0) is 40.0 Å². The summed E-state index contributed by atoms with van der Waals surface area (Å²) in [5.41, 5.74) is 2.23. The molecular weight excluding hydrogens is 311 g/mol. The molecule has 100 valence electrons. The molecule has 0 bridgehead atoms. The fraction of sp³-hybridized carbons (Fsp3) is 0.286. The number of hydrogen-bond acceptors (Lipinski definition) is 2. The van der Waals surface area contributed by atoms with Crippen LogP contribution < -0.4 is 0 Å². The molecule has 0 spiro atoms. The molecule has 0 aliphatic rings. The van der Waals surface area contributed by atoms with E-state index in [0.717, 1.165) is 17.7 Å². The van der Waals surface area contributed by atoms with Crippen LogP contribution in [0.2, 0.25) is 0 Å². The second kappa shape index (κ2) is 5.65. The van der Waals surface area contributed by atoms with Gasteiger partial charge in [0.2, 0.25) is 0 Å². The van der Waals surface area contributed by atoms with E-state index in [9.17, 15) is 9.18 Å². The minimum Gasteiger partial charge on any atom is -0.294 e. The Balaban J connectivity index is 2.22. The molecule has 0 saturated carbocycles. The first-order valence-electron chi connectivity index (χ1n) is 6.01. The zero-order valence-electron chi connectivity index (χ0n) is 10.8. The predicted molar refractivity (Wildman–Crippen MR) is 74.7 cm³/mol. The molecule has 0 unspecified atom stereocenters. The zero-order chi connectivity index (χ0) is 14.0. The molecule has 0 amide bonds. The molecule has 0 N–H and O–H groups in total. The van der Waals surface area contributed by atoms with Crippen LogP contribution in [-0.4, -0.2) is 15.6 Å². The maximum atomic E-state index is 13.1. The average Bonchev–Trinajstić information content (AvgIpc) is 2.75. The molecule has 0 aliphatic carbocycles. The van der Waals surface area contributed by atoms with E-state index in [2.05, 4.69) is 21.0 Å². The Morgan fingerprint density at radius 2 is 2.21 bits per heavy atom. The molecule has 0 radical (unpaired) electrons. The fourth-order valence-corrected chi connectivity index (χ4v) is 2.38. The highest BCUT2D eigenvalue weighted by Crippen LogP contribution is 2.19. The SMILES string of the molecule is CCc1nn(C)cc1C(=O)Cc1ccc(F)c(Br)c1. The lowest BCUT2D eigenvalue weighted by Gasteiger charge is -2.02. The van der Waals surface area contributed by atoms with Gasteiger partial charge in [0.1, 0.15) is 5.82 Å². The second-order valence-electron chi connectivity index (χ2n) is 4.37. The number of nitrogens with zero attached hydrogens (tertiary/aromatic N) is 2. The normalized spacial score (nSPS) is 10.7. The van der Waals surface area contributed by atoms with Gasteiger partial charge in [-0.15, -0.1) is 0 Å². The largest absolute Gasteiger partial charge is 0.294 e. The number of rotatable bonds is 4. The molecule has 1 aromatic carbocycles. The van der Waals surface area contributed by atoms with Gasteiger partial charge in [0.05, 0.1) is 15.7 Å². The van der Waals surface area contributed by atoms with Crippen LogP contribution in [-0.2, 0) is 19.9 Å². The van der Waals surface area contributed by atoms with E-state index >= 15 is 0 Å². The summed E-state index contributed by atoms with van der Waals surface area (Å²) in [6.45, 7) is 1.97. The Morgan fingerprint density at radius 1 is 1.47 bits per heavy atom. The number of carbonyl (C=O) groups excluding carboxylic acids is 1. The minimum absolute atomic E-state index is 0.00320. The van der Waals surface area contributed by atoms with Crippen LogP contribution in [0.1, 0.15) is 28.5 Å². The maximum absolute atomic E-state index is 13.1. The highest BCUT2D eigenvalue weighted by Gasteiger charge is 2.15. The van der Waals surface area contributed by atoms with Crippen molar-refractivity contribution in [2.45, 2.75) is 19.8 Å². The summed E-state index contributed by atoms with van der Waals surface area (Å²) >= 11 is 3.12. The van der Waals surface area contributed by atoms with Crippen molar-refractivity contribution < 1.29 is 9.18 Å². The number of benzene rings is 1. The Morgan fingerprint density at radius 3 is 2.84 bits per heavy atom. The van der Waals surface area contributed by atoms with E-state index in [4.69, 9.17) is 0 Å². The molecule has 0 saturated heterocycles. The van der Waals surface area contributed by atoms with Crippen molar-refractivity contribution in [3.63, 3.8) is 0 Å². The lowest BCUT2D eigenvalue weighted by Crippen LogP contribution is -2.05. The highest BCUT2D eigenvalue weighted by atomic mass is 79.9. The maximum Gasteiger partial charge on any atom is 0.170 e. The molecule has 2 aromatic rings. The number of Topliss-reactive ketones (excluding diaryl/α,β-unsaturated/α-hetero) is 1. The number of ketones is 1. The predicted octanol–water partition coefficient (Wildman–Crippen LogP) is 3.31. The molecular formula is C14H14BrFN2O. The van der Waals surface area contributed by atoms with Gasteiger partial charge >= 0.3 is 0 Å². The molecule has 5 heteroatoms. The van der Waals surface area contributed by atoms with Crippen LogP contribution >= 0.6 is 15.9 Å². The van der Waals surface area contributed by atoms with E-state index in [-0.39, 0.29) is 18.0 Å². The molecule has 0 fully saturated rings. The first-order valence-corrected chi connectivity index (χ1v) is 6.80. The Bertz CT molecular complexity index is 622. The lowest BCUT2D eigenvalue weighted by atomic mass is 10.0. The van der Waals surface area contributed by atoms with Gasteiger partial charge < -0.3 is 0 Å². The van der Waals surface area contributed by atoms with Gasteiger partial charge in [-0.2, -0.15) is 5.10 Å². The number of halogens is 2. The summed E-state index contributed by atoms with van der Waals surface area (Å²) in [6, 6.07) is 4.62. The van der Waals surface area contributed by atoms with Crippen molar-refractivity contribution in [1.82, 2.24) is 9.78 Å². The zero-order valence-corrected chi connectivity index (χ0v) is 12.4. The average molecular weight is 325 g/mol. The van der Waals surface area contributed by atoms with E-state index in [0.29, 0.717) is 10.0 Å². The molecule has 2 rings (SSSR count). The summed E-state index contributed by atoms with van der Waals surface area (Å²) in [5.74, 6) is -0.324. The van der Waals surface area contributed by atoms with Crippen LogP contribution in [0.3, 0.4) is 0 Å². The Hall–Kier alpha value is -1.49. The quantitative estimate of drug-likeness (QED) is 0.809. The number of hydrogen-bond donors (Lipinski definition) is 0. The van der Waals surface area contributed by atoms with E-state index < -0.39 is 0 Å². The van der Waals surface area contributed by atoms with Crippen LogP contribution in [0.4, 0.5) is 4.39 Å². The first kappa shape index (κ1) is 13.9. The second-order valence-corrected chi connectivity index (χ2v) is 5.22. The van der Waals surface area contributed by atoms with E-state index in [1.165, 1.54) is 6.07 Å². The van der Waals surface area contributed by atoms with Crippen molar-refractivity contribution in [2.75, 3.05) is 0 Å². The first-order chi connectivity index (χ1) is 9.01. The smallest absolute Gasteiger partial charge is 0.170 e. The van der Waals surface area contributed by atoms with E-state index in [1.807, 2.05) is 6.92 Å². The Kier molecular flexibility index (Phi) is 4.14. The number of aromatic nitrogens is 2.